The highest BCUT2D eigenvalue weighted by atomic mass is 16.3. The molecule has 1 aliphatic rings. The lowest BCUT2D eigenvalue weighted by Crippen LogP contribution is -2.38. The number of amides is 1. The van der Waals surface area contributed by atoms with E-state index in [1.54, 1.807) is 15.5 Å². The summed E-state index contributed by atoms with van der Waals surface area (Å²) in [6.07, 6.45) is 4.08. The van der Waals surface area contributed by atoms with Gasteiger partial charge in [0.15, 0.2) is 0 Å². The summed E-state index contributed by atoms with van der Waals surface area (Å²) >= 11 is 0. The van der Waals surface area contributed by atoms with Crippen LogP contribution >= 0.6 is 0 Å². The summed E-state index contributed by atoms with van der Waals surface area (Å²) < 4.78 is 1.78. The fourth-order valence-electron chi connectivity index (χ4n) is 2.96. The van der Waals surface area contributed by atoms with E-state index in [1.165, 1.54) is 0 Å². The number of carbonyl (C=O) groups is 1. The van der Waals surface area contributed by atoms with Crippen LogP contribution in [0.25, 0.3) is 5.65 Å². The van der Waals surface area contributed by atoms with Gasteiger partial charge in [-0.15, -0.1) is 0 Å². The Bertz CT molecular complexity index is 667. The van der Waals surface area contributed by atoms with Crippen molar-refractivity contribution in [2.24, 2.45) is 5.92 Å². The van der Waals surface area contributed by atoms with E-state index >= 15 is 0 Å². The number of hydrogen-bond donors (Lipinski definition) is 2. The fourth-order valence-corrected chi connectivity index (χ4v) is 2.96. The summed E-state index contributed by atoms with van der Waals surface area (Å²) in [4.78, 5) is 18.6. The Labute approximate surface area is 122 Å². The van der Waals surface area contributed by atoms with Crippen molar-refractivity contribution in [3.63, 3.8) is 0 Å². The molecule has 2 aromatic heterocycles. The Kier molecular flexibility index (Phi) is 3.65. The molecule has 2 atom stereocenters. The largest absolute Gasteiger partial charge is 0.396 e. The van der Waals surface area contributed by atoms with Crippen molar-refractivity contribution in [1.82, 2.24) is 14.3 Å². The average molecular weight is 289 g/mol. The predicted molar refractivity (Wildman–Crippen MR) is 77.0 cm³/mol. The van der Waals surface area contributed by atoms with Gasteiger partial charge in [-0.3, -0.25) is 9.20 Å². The molecule has 2 unspecified atom stereocenters. The molecule has 2 aromatic rings. The molecule has 0 bridgehead atoms. The molecule has 0 aromatic carbocycles. The smallest absolute Gasteiger partial charge is 0.272 e. The van der Waals surface area contributed by atoms with Crippen LogP contribution in [0.4, 0.5) is 0 Å². The molecular weight excluding hydrogens is 270 g/mol. The molecule has 0 radical (unpaired) electrons. The zero-order valence-electron chi connectivity index (χ0n) is 11.9. The molecule has 6 heteroatoms. The van der Waals surface area contributed by atoms with E-state index in [1.807, 2.05) is 25.3 Å². The Balaban J connectivity index is 1.95. The SMILES string of the molecule is Cc1ccc2ncc(C(=O)N3CC(CO)CC3CO)n2c1. The monoisotopic (exact) mass is 289 g/mol. The number of imidazole rings is 1. The highest BCUT2D eigenvalue weighted by Gasteiger charge is 2.35. The van der Waals surface area contributed by atoms with E-state index in [2.05, 4.69) is 4.98 Å². The molecule has 1 aliphatic heterocycles. The second kappa shape index (κ2) is 5.46. The van der Waals surface area contributed by atoms with Crippen molar-refractivity contribution >= 4 is 11.6 Å². The number of rotatable bonds is 3. The van der Waals surface area contributed by atoms with Crippen molar-refractivity contribution in [3.05, 3.63) is 35.8 Å². The van der Waals surface area contributed by atoms with Crippen LogP contribution in [0, 0.1) is 12.8 Å². The van der Waals surface area contributed by atoms with Gasteiger partial charge in [0.2, 0.25) is 0 Å². The van der Waals surface area contributed by atoms with Crippen molar-refractivity contribution < 1.29 is 15.0 Å². The van der Waals surface area contributed by atoms with Crippen LogP contribution in [0.3, 0.4) is 0 Å². The van der Waals surface area contributed by atoms with E-state index < -0.39 is 0 Å². The number of pyridine rings is 1. The van der Waals surface area contributed by atoms with Crippen LogP contribution in [0.1, 0.15) is 22.5 Å². The van der Waals surface area contributed by atoms with Gasteiger partial charge in [-0.1, -0.05) is 6.07 Å². The molecule has 2 N–H and O–H groups in total. The third kappa shape index (κ3) is 2.41. The molecule has 0 saturated carbocycles. The molecule has 6 nitrogen and oxygen atoms in total. The van der Waals surface area contributed by atoms with Gasteiger partial charge in [0, 0.05) is 25.3 Å². The third-order valence-corrected chi connectivity index (χ3v) is 4.10. The zero-order valence-corrected chi connectivity index (χ0v) is 11.9. The Hall–Kier alpha value is -1.92. The first kappa shape index (κ1) is 14.0. The number of aryl methyl sites for hydroxylation is 1. The number of fused-ring (bicyclic) bond motifs is 1. The molecule has 1 fully saturated rings. The molecule has 0 spiro atoms. The number of aliphatic hydroxyl groups excluding tert-OH is 2. The van der Waals surface area contributed by atoms with Crippen molar-refractivity contribution in [3.8, 4) is 0 Å². The lowest BCUT2D eigenvalue weighted by Gasteiger charge is -2.22. The lowest BCUT2D eigenvalue weighted by atomic mass is 10.1. The molecule has 3 rings (SSSR count). The molecule has 112 valence electrons. The molecule has 0 aliphatic carbocycles. The molecular formula is C15H19N3O3. The maximum Gasteiger partial charge on any atom is 0.272 e. The number of likely N-dealkylation sites (tertiary alicyclic amines) is 1. The Morgan fingerprint density at radius 2 is 2.19 bits per heavy atom. The number of hydrogen-bond acceptors (Lipinski definition) is 4. The summed E-state index contributed by atoms with van der Waals surface area (Å²) in [6, 6.07) is 3.59. The van der Waals surface area contributed by atoms with E-state index in [0.29, 0.717) is 18.7 Å². The summed E-state index contributed by atoms with van der Waals surface area (Å²) in [6.45, 7) is 2.38. The summed E-state index contributed by atoms with van der Waals surface area (Å²) in [5, 5.41) is 18.7. The van der Waals surface area contributed by atoms with Crippen LogP contribution in [0.2, 0.25) is 0 Å². The average Bonchev–Trinajstić information content (AvgIpc) is 3.09. The highest BCUT2D eigenvalue weighted by molar-refractivity contribution is 5.93. The van der Waals surface area contributed by atoms with E-state index in [0.717, 1.165) is 11.2 Å². The second-order valence-corrected chi connectivity index (χ2v) is 5.66. The maximum absolute atomic E-state index is 12.7. The topological polar surface area (TPSA) is 78.1 Å². The summed E-state index contributed by atoms with van der Waals surface area (Å²) in [5.41, 5.74) is 2.26. The lowest BCUT2D eigenvalue weighted by molar-refractivity contribution is 0.0665. The molecule has 1 amide bonds. The minimum atomic E-state index is -0.231. The zero-order chi connectivity index (χ0) is 15.0. The fraction of sp³-hybridized carbons (Fsp3) is 0.467. The highest BCUT2D eigenvalue weighted by Crippen LogP contribution is 2.25. The second-order valence-electron chi connectivity index (χ2n) is 5.66. The molecule has 3 heterocycles. The standard InChI is InChI=1S/C15H19N3O3/c1-10-2-3-14-16-5-13(18(14)6-10)15(21)17-7-11(8-19)4-12(17)9-20/h2-3,5-6,11-12,19-20H,4,7-9H2,1H3. The number of aliphatic hydroxyl groups is 2. The van der Waals surface area contributed by atoms with Crippen LogP contribution in [0.15, 0.2) is 24.5 Å². The first-order valence-corrected chi connectivity index (χ1v) is 7.10. The van der Waals surface area contributed by atoms with Crippen molar-refractivity contribution in [1.29, 1.82) is 0 Å². The summed E-state index contributed by atoms with van der Waals surface area (Å²) in [7, 11) is 0. The molecule has 21 heavy (non-hydrogen) atoms. The maximum atomic E-state index is 12.7. The van der Waals surface area contributed by atoms with Crippen LogP contribution in [-0.4, -0.2) is 56.2 Å². The van der Waals surface area contributed by atoms with Crippen molar-refractivity contribution in [2.75, 3.05) is 19.8 Å². The van der Waals surface area contributed by atoms with Gasteiger partial charge >= 0.3 is 0 Å². The Morgan fingerprint density at radius 1 is 1.38 bits per heavy atom. The van der Waals surface area contributed by atoms with Gasteiger partial charge in [0.25, 0.3) is 5.91 Å². The predicted octanol–water partition coefficient (Wildman–Crippen LogP) is 0.458. The van der Waals surface area contributed by atoms with Crippen LogP contribution in [-0.2, 0) is 0 Å². The van der Waals surface area contributed by atoms with Gasteiger partial charge in [-0.2, -0.15) is 0 Å². The number of nitrogens with zero attached hydrogens (tertiary/aromatic N) is 3. The van der Waals surface area contributed by atoms with Crippen LogP contribution < -0.4 is 0 Å². The minimum absolute atomic E-state index is 0.0343. The number of aromatic nitrogens is 2. The molecule has 1 saturated heterocycles. The van der Waals surface area contributed by atoms with Gasteiger partial charge in [-0.25, -0.2) is 4.98 Å². The van der Waals surface area contributed by atoms with Gasteiger partial charge in [0.05, 0.1) is 18.8 Å². The normalized spacial score (nSPS) is 22.1. The first-order valence-electron chi connectivity index (χ1n) is 7.10. The van der Waals surface area contributed by atoms with Crippen LogP contribution in [0.5, 0.6) is 0 Å². The quantitative estimate of drug-likeness (QED) is 0.860. The van der Waals surface area contributed by atoms with Crippen molar-refractivity contribution in [2.45, 2.75) is 19.4 Å². The van der Waals surface area contributed by atoms with Gasteiger partial charge in [-0.05, 0) is 25.0 Å². The van der Waals surface area contributed by atoms with E-state index in [-0.39, 0.29) is 31.1 Å². The summed E-state index contributed by atoms with van der Waals surface area (Å²) in [5.74, 6) is -0.116. The minimum Gasteiger partial charge on any atom is -0.396 e. The Morgan fingerprint density at radius 3 is 2.90 bits per heavy atom. The van der Waals surface area contributed by atoms with E-state index in [4.69, 9.17) is 0 Å². The number of carbonyl (C=O) groups excluding carboxylic acids is 1. The third-order valence-electron chi connectivity index (χ3n) is 4.10. The van der Waals surface area contributed by atoms with E-state index in [9.17, 15) is 15.0 Å². The van der Waals surface area contributed by atoms with Gasteiger partial charge in [0.1, 0.15) is 11.3 Å². The van der Waals surface area contributed by atoms with Gasteiger partial charge < -0.3 is 15.1 Å². The first-order chi connectivity index (χ1) is 10.1.